The molecule has 0 radical (unpaired) electrons. The van der Waals surface area contributed by atoms with E-state index in [4.69, 9.17) is 0 Å². The van der Waals surface area contributed by atoms with Crippen molar-refractivity contribution in [2.75, 3.05) is 5.32 Å². The predicted octanol–water partition coefficient (Wildman–Crippen LogP) is 7.49. The largest absolute Gasteiger partial charge is 0.416 e. The predicted molar refractivity (Wildman–Crippen MR) is 103 cm³/mol. The van der Waals surface area contributed by atoms with Crippen LogP contribution in [0.25, 0.3) is 0 Å². The lowest BCUT2D eigenvalue weighted by Gasteiger charge is -2.28. The maximum absolute atomic E-state index is 12.9. The molecule has 29 heavy (non-hydrogen) atoms. The number of rotatable bonds is 5. The second-order valence-corrected chi connectivity index (χ2v) is 7.24. The van der Waals surface area contributed by atoms with Crippen molar-refractivity contribution in [3.8, 4) is 0 Å². The minimum Gasteiger partial charge on any atom is -0.362 e. The molecule has 1 N–H and O–H groups in total. The van der Waals surface area contributed by atoms with E-state index in [1.165, 1.54) is 6.20 Å². The van der Waals surface area contributed by atoms with E-state index in [-0.39, 0.29) is 11.8 Å². The molecule has 0 aliphatic rings. The molecule has 1 nitrogen and oxygen atoms in total. The van der Waals surface area contributed by atoms with Crippen LogP contribution >= 0.6 is 0 Å². The lowest BCUT2D eigenvalue weighted by atomic mass is 9.76. The lowest BCUT2D eigenvalue weighted by Crippen LogP contribution is -2.20. The summed E-state index contributed by atoms with van der Waals surface area (Å²) >= 11 is 0. The average molecular weight is 413 g/mol. The third-order valence-corrected chi connectivity index (χ3v) is 4.74. The van der Waals surface area contributed by atoms with Gasteiger partial charge in [-0.1, -0.05) is 44.7 Å². The topological polar surface area (TPSA) is 12.0 Å². The van der Waals surface area contributed by atoms with Gasteiger partial charge in [0.25, 0.3) is 0 Å². The summed E-state index contributed by atoms with van der Waals surface area (Å²) < 4.78 is 77.6. The van der Waals surface area contributed by atoms with Crippen LogP contribution in [0, 0.1) is 6.92 Å². The SMILES string of the molecule is C=C(C=CNc1cc(C(F)(F)F)cc(C(F)(F)F)c1)C(C)(C)c1ccccc1C. The van der Waals surface area contributed by atoms with Crippen LogP contribution in [0.1, 0.15) is 36.1 Å². The van der Waals surface area contributed by atoms with Crippen molar-refractivity contribution in [2.24, 2.45) is 0 Å². The molecular weight excluding hydrogens is 392 g/mol. The van der Waals surface area contributed by atoms with Gasteiger partial charge in [0.15, 0.2) is 0 Å². The highest BCUT2D eigenvalue weighted by Gasteiger charge is 2.36. The zero-order valence-corrected chi connectivity index (χ0v) is 16.2. The summed E-state index contributed by atoms with van der Waals surface area (Å²) in [6, 6.07) is 9.05. The molecule has 156 valence electrons. The first-order chi connectivity index (χ1) is 13.2. The standard InChI is InChI=1S/C22H21F6N/c1-14-7-5-6-8-19(14)20(3,4)15(2)9-10-29-18-12-16(21(23,24)25)11-17(13-18)22(26,27)28/h5-13,29H,2H2,1,3-4H3. The fourth-order valence-electron chi connectivity index (χ4n) is 2.93. The van der Waals surface area contributed by atoms with Crippen LogP contribution in [0.15, 0.2) is 66.9 Å². The molecule has 0 amide bonds. The van der Waals surface area contributed by atoms with E-state index in [9.17, 15) is 26.3 Å². The molecule has 2 aromatic rings. The van der Waals surface area contributed by atoms with Gasteiger partial charge in [-0.3, -0.25) is 0 Å². The highest BCUT2D eigenvalue weighted by atomic mass is 19.4. The second kappa shape index (κ2) is 7.97. The second-order valence-electron chi connectivity index (χ2n) is 7.24. The maximum Gasteiger partial charge on any atom is 0.416 e. The molecule has 0 atom stereocenters. The molecule has 0 aliphatic carbocycles. The van der Waals surface area contributed by atoms with E-state index in [0.29, 0.717) is 17.7 Å². The number of alkyl halides is 6. The molecule has 0 saturated carbocycles. The Bertz CT molecular complexity index is 887. The summed E-state index contributed by atoms with van der Waals surface area (Å²) in [5.74, 6) is 0. The van der Waals surface area contributed by atoms with Crippen LogP contribution in [-0.2, 0) is 17.8 Å². The zero-order chi connectivity index (χ0) is 22.0. The number of hydrogen-bond donors (Lipinski definition) is 1. The van der Waals surface area contributed by atoms with E-state index < -0.39 is 28.9 Å². The van der Waals surface area contributed by atoms with Gasteiger partial charge in [-0.05, 0) is 47.9 Å². The smallest absolute Gasteiger partial charge is 0.362 e. The Morgan fingerprint density at radius 2 is 1.41 bits per heavy atom. The molecule has 0 aromatic heterocycles. The molecule has 0 saturated heterocycles. The first kappa shape index (κ1) is 22.6. The van der Waals surface area contributed by atoms with Gasteiger partial charge in [-0.2, -0.15) is 26.3 Å². The van der Waals surface area contributed by atoms with Crippen LogP contribution in [-0.4, -0.2) is 0 Å². The third-order valence-electron chi connectivity index (χ3n) is 4.74. The van der Waals surface area contributed by atoms with Gasteiger partial charge in [-0.25, -0.2) is 0 Å². The number of halogens is 6. The summed E-state index contributed by atoms with van der Waals surface area (Å²) in [5, 5.41) is 2.50. The van der Waals surface area contributed by atoms with Crippen molar-refractivity contribution in [1.29, 1.82) is 0 Å². The molecule has 2 aromatic carbocycles. The highest BCUT2D eigenvalue weighted by Crippen LogP contribution is 2.38. The quantitative estimate of drug-likeness (QED) is 0.395. The Morgan fingerprint density at radius 1 is 0.897 bits per heavy atom. The Hall–Kier alpha value is -2.70. The van der Waals surface area contributed by atoms with Crippen molar-refractivity contribution in [1.82, 2.24) is 0 Å². The fourth-order valence-corrected chi connectivity index (χ4v) is 2.93. The van der Waals surface area contributed by atoms with Gasteiger partial charge in [0.1, 0.15) is 0 Å². The van der Waals surface area contributed by atoms with Gasteiger partial charge in [0.2, 0.25) is 0 Å². The molecule has 0 heterocycles. The van der Waals surface area contributed by atoms with Crippen LogP contribution in [0.3, 0.4) is 0 Å². The van der Waals surface area contributed by atoms with E-state index in [0.717, 1.165) is 11.1 Å². The van der Waals surface area contributed by atoms with E-state index in [1.54, 1.807) is 6.08 Å². The van der Waals surface area contributed by atoms with Gasteiger partial charge in [-0.15, -0.1) is 0 Å². The molecular formula is C22H21F6N. The molecule has 0 fully saturated rings. The molecule has 7 heteroatoms. The zero-order valence-electron chi connectivity index (χ0n) is 16.2. The van der Waals surface area contributed by atoms with Crippen LogP contribution in [0.2, 0.25) is 0 Å². The van der Waals surface area contributed by atoms with Crippen LogP contribution in [0.5, 0.6) is 0 Å². The number of nitrogens with one attached hydrogen (secondary N) is 1. The lowest BCUT2D eigenvalue weighted by molar-refractivity contribution is -0.143. The van der Waals surface area contributed by atoms with Gasteiger partial charge in [0, 0.05) is 17.3 Å². The summed E-state index contributed by atoms with van der Waals surface area (Å²) in [7, 11) is 0. The van der Waals surface area contributed by atoms with Crippen molar-refractivity contribution < 1.29 is 26.3 Å². The third kappa shape index (κ3) is 5.43. The molecule has 0 unspecified atom stereocenters. The van der Waals surface area contributed by atoms with Crippen molar-refractivity contribution in [3.63, 3.8) is 0 Å². The van der Waals surface area contributed by atoms with Crippen LogP contribution < -0.4 is 5.32 Å². The van der Waals surface area contributed by atoms with Crippen molar-refractivity contribution in [2.45, 2.75) is 38.5 Å². The first-order valence-electron chi connectivity index (χ1n) is 8.71. The van der Waals surface area contributed by atoms with Gasteiger partial charge < -0.3 is 5.32 Å². The first-order valence-corrected chi connectivity index (χ1v) is 8.71. The van der Waals surface area contributed by atoms with E-state index in [1.807, 2.05) is 45.0 Å². The van der Waals surface area contributed by atoms with Crippen molar-refractivity contribution >= 4 is 5.69 Å². The number of hydrogen-bond acceptors (Lipinski definition) is 1. The monoisotopic (exact) mass is 413 g/mol. The summed E-state index contributed by atoms with van der Waals surface area (Å²) in [6.45, 7) is 9.83. The highest BCUT2D eigenvalue weighted by molar-refractivity contribution is 5.53. The Labute approximate surface area is 165 Å². The Kier molecular flexibility index (Phi) is 6.21. The molecule has 0 spiro atoms. The van der Waals surface area contributed by atoms with Gasteiger partial charge >= 0.3 is 12.4 Å². The normalized spacial score (nSPS) is 13.0. The number of anilines is 1. The summed E-state index contributed by atoms with van der Waals surface area (Å²) in [5.41, 5.74) is -0.827. The van der Waals surface area contributed by atoms with Crippen molar-refractivity contribution in [3.05, 3.63) is 89.1 Å². The molecule has 0 bridgehead atoms. The Balaban J connectivity index is 2.27. The number of benzene rings is 2. The van der Waals surface area contributed by atoms with E-state index in [2.05, 4.69) is 11.9 Å². The minimum absolute atomic E-state index is 0.0924. The summed E-state index contributed by atoms with van der Waals surface area (Å²) in [4.78, 5) is 0. The maximum atomic E-state index is 12.9. The van der Waals surface area contributed by atoms with Crippen LogP contribution in [0.4, 0.5) is 32.0 Å². The average Bonchev–Trinajstić information content (AvgIpc) is 2.60. The minimum atomic E-state index is -4.89. The number of allylic oxidation sites excluding steroid dienone is 2. The molecule has 0 aliphatic heterocycles. The van der Waals surface area contributed by atoms with Gasteiger partial charge in [0.05, 0.1) is 11.1 Å². The summed E-state index contributed by atoms with van der Waals surface area (Å²) in [6.07, 6.45) is -6.95. The fraction of sp³-hybridized carbons (Fsp3) is 0.273. The number of aryl methyl sites for hydroxylation is 1. The van der Waals surface area contributed by atoms with E-state index >= 15 is 0 Å². The Morgan fingerprint density at radius 3 is 1.90 bits per heavy atom. The molecule has 2 rings (SSSR count).